The molecule has 92 valence electrons. The number of hydrogen-bond acceptors (Lipinski definition) is 0. The van der Waals surface area contributed by atoms with Gasteiger partial charge in [0.05, 0.1) is 15.4 Å². The van der Waals surface area contributed by atoms with Crippen molar-refractivity contribution in [2.24, 2.45) is 17.8 Å². The van der Waals surface area contributed by atoms with Gasteiger partial charge >= 0.3 is 0 Å². The van der Waals surface area contributed by atoms with Crippen LogP contribution in [0.1, 0.15) is 36.6 Å². The smallest absolute Gasteiger partial charge is 0.0619 e. The van der Waals surface area contributed by atoms with E-state index in [2.05, 4.69) is 0 Å². The molecule has 2 aliphatic carbocycles. The van der Waals surface area contributed by atoms with E-state index in [0.717, 1.165) is 17.4 Å². The summed E-state index contributed by atoms with van der Waals surface area (Å²) in [5.74, 6) is 2.39. The Bertz CT molecular complexity index is 417. The predicted octanol–water partition coefficient (Wildman–Crippen LogP) is 5.71. The van der Waals surface area contributed by atoms with Gasteiger partial charge in [-0.1, -0.05) is 42.1 Å². The van der Waals surface area contributed by atoms with Gasteiger partial charge in [-0.25, -0.2) is 0 Å². The second-order valence-corrected chi connectivity index (χ2v) is 6.55. The predicted molar refractivity (Wildman–Crippen MR) is 74.0 cm³/mol. The van der Waals surface area contributed by atoms with E-state index in [0.29, 0.717) is 16.0 Å². The first-order valence-corrected chi connectivity index (χ1v) is 7.47. The topological polar surface area (TPSA) is 0 Å². The van der Waals surface area contributed by atoms with Gasteiger partial charge in [0, 0.05) is 0 Å². The molecule has 0 heterocycles. The van der Waals surface area contributed by atoms with Gasteiger partial charge in [0.1, 0.15) is 0 Å². The lowest BCUT2D eigenvalue weighted by Crippen LogP contribution is -1.95. The molecule has 0 nitrogen and oxygen atoms in total. The summed E-state index contributed by atoms with van der Waals surface area (Å²) in [6, 6.07) is 5.78. The van der Waals surface area contributed by atoms with Gasteiger partial charge in [-0.05, 0) is 48.3 Å². The van der Waals surface area contributed by atoms with E-state index in [-0.39, 0.29) is 5.38 Å². The van der Waals surface area contributed by atoms with Crippen LogP contribution < -0.4 is 0 Å². The van der Waals surface area contributed by atoms with Crippen molar-refractivity contribution in [3.05, 3.63) is 33.8 Å². The molecule has 17 heavy (non-hydrogen) atoms. The van der Waals surface area contributed by atoms with Crippen LogP contribution in [0.15, 0.2) is 18.2 Å². The monoisotopic (exact) mass is 288 g/mol. The van der Waals surface area contributed by atoms with Crippen LogP contribution in [0.4, 0.5) is 0 Å². The lowest BCUT2D eigenvalue weighted by Gasteiger charge is -2.10. The second-order valence-electron chi connectivity index (χ2n) is 5.26. The van der Waals surface area contributed by atoms with Crippen molar-refractivity contribution in [2.45, 2.75) is 31.1 Å². The molecule has 3 unspecified atom stereocenters. The van der Waals surface area contributed by atoms with Crippen molar-refractivity contribution in [1.29, 1.82) is 0 Å². The average Bonchev–Trinajstić information content (AvgIpc) is 3.06. The van der Waals surface area contributed by atoms with Crippen molar-refractivity contribution in [3.63, 3.8) is 0 Å². The van der Waals surface area contributed by atoms with E-state index in [1.807, 2.05) is 18.2 Å². The Balaban J connectivity index is 1.78. The van der Waals surface area contributed by atoms with Crippen LogP contribution in [-0.4, -0.2) is 0 Å². The molecule has 1 aromatic rings. The third-order valence-electron chi connectivity index (χ3n) is 4.32. The third-order valence-corrected chi connectivity index (χ3v) is 5.60. The summed E-state index contributed by atoms with van der Waals surface area (Å²) in [5.41, 5.74) is 1.13. The van der Waals surface area contributed by atoms with Crippen LogP contribution in [0.5, 0.6) is 0 Å². The number of alkyl halides is 1. The van der Waals surface area contributed by atoms with Crippen molar-refractivity contribution in [3.8, 4) is 0 Å². The number of hydrogen-bond donors (Lipinski definition) is 0. The molecule has 0 radical (unpaired) electrons. The van der Waals surface area contributed by atoms with Gasteiger partial charge in [-0.2, -0.15) is 0 Å². The maximum atomic E-state index is 6.60. The second kappa shape index (κ2) is 4.64. The molecule has 0 N–H and O–H groups in total. The molecule has 0 bridgehead atoms. The molecule has 0 spiro atoms. The van der Waals surface area contributed by atoms with E-state index < -0.39 is 0 Å². The van der Waals surface area contributed by atoms with Crippen molar-refractivity contribution in [1.82, 2.24) is 0 Å². The summed E-state index contributed by atoms with van der Waals surface area (Å²) >= 11 is 18.6. The van der Waals surface area contributed by atoms with E-state index in [9.17, 15) is 0 Å². The largest absolute Gasteiger partial charge is 0.117 e. The van der Waals surface area contributed by atoms with Crippen LogP contribution in [0, 0.1) is 17.8 Å². The summed E-state index contributed by atoms with van der Waals surface area (Å²) in [4.78, 5) is 0. The summed E-state index contributed by atoms with van der Waals surface area (Å²) in [7, 11) is 0. The molecule has 0 aromatic heterocycles. The molecule has 0 aliphatic heterocycles. The maximum absolute atomic E-state index is 6.60. The molecule has 3 heteroatoms. The van der Waals surface area contributed by atoms with Crippen LogP contribution in [0.25, 0.3) is 0 Å². The van der Waals surface area contributed by atoms with E-state index in [1.54, 1.807) is 0 Å². The van der Waals surface area contributed by atoms with Crippen molar-refractivity contribution < 1.29 is 0 Å². The summed E-state index contributed by atoms with van der Waals surface area (Å²) in [6.07, 6.45) is 5.48. The van der Waals surface area contributed by atoms with Crippen LogP contribution >= 0.6 is 34.8 Å². The number of fused-ring (bicyclic) bond motifs is 1. The molecular weight excluding hydrogens is 275 g/mol. The summed E-state index contributed by atoms with van der Waals surface area (Å²) in [5, 5.41) is 1.32. The zero-order valence-electron chi connectivity index (χ0n) is 9.50. The number of halogens is 3. The van der Waals surface area contributed by atoms with Crippen molar-refractivity contribution in [2.75, 3.05) is 0 Å². The Morgan fingerprint density at radius 1 is 1.00 bits per heavy atom. The quantitative estimate of drug-likeness (QED) is 0.612. The molecule has 0 saturated heterocycles. The summed E-state index contributed by atoms with van der Waals surface area (Å²) < 4.78 is 0. The third kappa shape index (κ3) is 2.20. The minimum atomic E-state index is 0.109. The van der Waals surface area contributed by atoms with Gasteiger partial charge in [0.25, 0.3) is 0 Å². The Kier molecular flexibility index (Phi) is 3.32. The molecule has 1 aromatic carbocycles. The Morgan fingerprint density at radius 3 is 2.24 bits per heavy atom. The fraction of sp³-hybridized carbons (Fsp3) is 0.571. The van der Waals surface area contributed by atoms with Gasteiger partial charge in [0.2, 0.25) is 0 Å². The highest BCUT2D eigenvalue weighted by atomic mass is 35.5. The highest BCUT2D eigenvalue weighted by Crippen LogP contribution is 2.62. The zero-order valence-corrected chi connectivity index (χ0v) is 11.8. The average molecular weight is 290 g/mol. The summed E-state index contributed by atoms with van der Waals surface area (Å²) in [6.45, 7) is 0. The molecule has 2 saturated carbocycles. The van der Waals surface area contributed by atoms with Crippen LogP contribution in [-0.2, 0) is 0 Å². The minimum Gasteiger partial charge on any atom is -0.117 e. The van der Waals surface area contributed by atoms with Crippen LogP contribution in [0.2, 0.25) is 10.0 Å². The highest BCUT2D eigenvalue weighted by molar-refractivity contribution is 6.42. The van der Waals surface area contributed by atoms with E-state index in [1.165, 1.54) is 25.7 Å². The minimum absolute atomic E-state index is 0.109. The van der Waals surface area contributed by atoms with Gasteiger partial charge in [-0.15, -0.1) is 11.6 Å². The Hall–Kier alpha value is 0.0900. The Labute approximate surface area is 117 Å². The van der Waals surface area contributed by atoms with Gasteiger partial charge < -0.3 is 0 Å². The first-order valence-electron chi connectivity index (χ1n) is 6.27. The van der Waals surface area contributed by atoms with Crippen molar-refractivity contribution >= 4 is 34.8 Å². The molecule has 2 aliphatic rings. The number of rotatable bonds is 2. The highest BCUT2D eigenvalue weighted by Gasteiger charge is 2.53. The first-order chi connectivity index (χ1) is 8.18. The fourth-order valence-electron chi connectivity index (χ4n) is 3.39. The number of benzene rings is 1. The Morgan fingerprint density at radius 2 is 1.65 bits per heavy atom. The normalized spacial score (nSPS) is 33.0. The van der Waals surface area contributed by atoms with Gasteiger partial charge in [0.15, 0.2) is 0 Å². The van der Waals surface area contributed by atoms with Gasteiger partial charge in [-0.3, -0.25) is 0 Å². The molecular formula is C14H15Cl3. The SMILES string of the molecule is Clc1ccc(C(Cl)C2C3CCCCC32)cc1Cl. The molecule has 0 amide bonds. The standard InChI is InChI=1S/C14H15Cl3/c15-11-6-5-8(7-12(11)16)14(17)13-9-3-1-2-4-10(9)13/h5-7,9-10,13-14H,1-4H2. The molecule has 3 atom stereocenters. The fourth-order valence-corrected chi connectivity index (χ4v) is 4.20. The molecule has 3 rings (SSSR count). The van der Waals surface area contributed by atoms with E-state index >= 15 is 0 Å². The lowest BCUT2D eigenvalue weighted by molar-refractivity contribution is 0.480. The zero-order chi connectivity index (χ0) is 12.0. The lowest BCUT2D eigenvalue weighted by atomic mass is 10.0. The maximum Gasteiger partial charge on any atom is 0.0619 e. The first kappa shape index (κ1) is 12.1. The van der Waals surface area contributed by atoms with E-state index in [4.69, 9.17) is 34.8 Å². The van der Waals surface area contributed by atoms with Crippen LogP contribution in [0.3, 0.4) is 0 Å². The molecule has 2 fully saturated rings.